The normalized spacial score (nSPS) is 11.7. The van der Waals surface area contributed by atoms with Crippen LogP contribution in [0.15, 0.2) is 36.3 Å². The van der Waals surface area contributed by atoms with Crippen molar-refractivity contribution < 1.29 is 4.79 Å². The number of nitrogens with zero attached hydrogens (tertiary/aromatic N) is 5. The molecule has 0 aromatic carbocycles. The highest BCUT2D eigenvalue weighted by atomic mass is 32.1. The second-order valence-corrected chi connectivity index (χ2v) is 8.06. The summed E-state index contributed by atoms with van der Waals surface area (Å²) in [6.45, 7) is 4.48. The number of allylic oxidation sites excluding steroid dienone is 3. The van der Waals surface area contributed by atoms with Crippen LogP contribution in [0.2, 0.25) is 0 Å². The molecule has 164 valence electrons. The number of aromatic nitrogens is 3. The van der Waals surface area contributed by atoms with Crippen LogP contribution in [0.1, 0.15) is 41.6 Å². The number of unbranched alkanes of at least 4 members (excludes halogenated alkanes) is 1. The fourth-order valence-corrected chi connectivity index (χ4v) is 3.53. The van der Waals surface area contributed by atoms with Crippen LogP contribution in [0.3, 0.4) is 0 Å². The number of likely N-dealkylation sites (N-methyl/N-ethyl adjacent to an activating group) is 1. The molecule has 0 radical (unpaired) electrons. The van der Waals surface area contributed by atoms with E-state index in [1.165, 1.54) is 11.3 Å². The maximum Gasteiger partial charge on any atom is 0.161 e. The summed E-state index contributed by atoms with van der Waals surface area (Å²) < 4.78 is 0. The van der Waals surface area contributed by atoms with E-state index in [1.54, 1.807) is 18.5 Å². The van der Waals surface area contributed by atoms with Gasteiger partial charge in [-0.15, -0.1) is 11.3 Å². The summed E-state index contributed by atoms with van der Waals surface area (Å²) in [6, 6.07) is 2.01. The minimum absolute atomic E-state index is 0.225. The first-order valence-corrected chi connectivity index (χ1v) is 11.1. The number of rotatable bonds is 13. The third-order valence-electron chi connectivity index (χ3n) is 4.42. The molecular formula is C22H29N7OS. The third-order valence-corrected chi connectivity index (χ3v) is 5.46. The van der Waals surface area contributed by atoms with Crippen LogP contribution in [-0.4, -0.2) is 52.8 Å². The molecule has 31 heavy (non-hydrogen) atoms. The van der Waals surface area contributed by atoms with Crippen LogP contribution >= 0.6 is 11.3 Å². The van der Waals surface area contributed by atoms with E-state index in [0.717, 1.165) is 50.3 Å². The van der Waals surface area contributed by atoms with Gasteiger partial charge in [0, 0.05) is 31.8 Å². The molecule has 2 aromatic rings. The summed E-state index contributed by atoms with van der Waals surface area (Å²) in [7, 11) is 2.00. The molecule has 2 aromatic heterocycles. The molecule has 0 bridgehead atoms. The van der Waals surface area contributed by atoms with Gasteiger partial charge in [-0.3, -0.25) is 4.79 Å². The van der Waals surface area contributed by atoms with Gasteiger partial charge in [0.15, 0.2) is 6.29 Å². The van der Waals surface area contributed by atoms with Crippen molar-refractivity contribution in [1.82, 2.24) is 19.9 Å². The monoisotopic (exact) mass is 439 g/mol. The summed E-state index contributed by atoms with van der Waals surface area (Å²) in [5.74, 6) is 0.739. The van der Waals surface area contributed by atoms with E-state index < -0.39 is 0 Å². The molecular weight excluding hydrogens is 410 g/mol. The number of nitrogens with one attached hydrogen (secondary N) is 1. The third kappa shape index (κ3) is 8.28. The zero-order valence-electron chi connectivity index (χ0n) is 18.0. The topological polar surface area (TPSA) is 121 Å². The van der Waals surface area contributed by atoms with Gasteiger partial charge in [0.2, 0.25) is 0 Å². The highest BCUT2D eigenvalue weighted by Gasteiger charge is 2.14. The average Bonchev–Trinajstić information content (AvgIpc) is 3.19. The number of nitrogens with two attached hydrogens (primary N) is 1. The van der Waals surface area contributed by atoms with Crippen molar-refractivity contribution in [3.05, 3.63) is 46.9 Å². The molecule has 2 heterocycles. The van der Waals surface area contributed by atoms with Gasteiger partial charge < -0.3 is 16.0 Å². The summed E-state index contributed by atoms with van der Waals surface area (Å²) >= 11 is 1.34. The van der Waals surface area contributed by atoms with Crippen LogP contribution < -0.4 is 11.1 Å². The molecule has 0 aliphatic rings. The Morgan fingerprint density at radius 2 is 2.23 bits per heavy atom. The molecule has 2 rings (SSSR count). The lowest BCUT2D eigenvalue weighted by molar-refractivity contribution is 0.112. The second kappa shape index (κ2) is 13.3. The van der Waals surface area contributed by atoms with Crippen molar-refractivity contribution in [2.45, 2.75) is 32.6 Å². The Bertz CT molecular complexity index is 928. The lowest BCUT2D eigenvalue weighted by Gasteiger charge is -2.13. The lowest BCUT2D eigenvalue weighted by Crippen LogP contribution is -2.21. The number of hydrogen-bond donors (Lipinski definition) is 2. The highest BCUT2D eigenvalue weighted by Crippen LogP contribution is 2.26. The van der Waals surface area contributed by atoms with E-state index >= 15 is 0 Å². The van der Waals surface area contributed by atoms with Crippen LogP contribution in [0.4, 0.5) is 5.82 Å². The number of aldehydes is 1. The number of thiazole rings is 1. The lowest BCUT2D eigenvalue weighted by atomic mass is 10.2. The SMILES string of the molecule is CCCCNc1cnc(-c2nc(CCN(C)C/C=C\C=C(\N)CC#N)c(C=O)s2)cn1. The predicted octanol–water partition coefficient (Wildman–Crippen LogP) is 3.41. The van der Waals surface area contributed by atoms with Gasteiger partial charge in [-0.05, 0) is 19.5 Å². The van der Waals surface area contributed by atoms with Crippen LogP contribution in [0, 0.1) is 11.3 Å². The smallest absolute Gasteiger partial charge is 0.161 e. The number of carbonyl (C=O) groups is 1. The Balaban J connectivity index is 1.93. The fraction of sp³-hybridized carbons (Fsp3) is 0.409. The van der Waals surface area contributed by atoms with Crippen molar-refractivity contribution in [2.75, 3.05) is 32.0 Å². The zero-order valence-corrected chi connectivity index (χ0v) is 18.9. The minimum Gasteiger partial charge on any atom is -0.401 e. The van der Waals surface area contributed by atoms with E-state index in [4.69, 9.17) is 11.0 Å². The van der Waals surface area contributed by atoms with Crippen molar-refractivity contribution in [2.24, 2.45) is 5.73 Å². The maximum absolute atomic E-state index is 11.5. The summed E-state index contributed by atoms with van der Waals surface area (Å²) in [5.41, 5.74) is 7.65. The Morgan fingerprint density at radius 3 is 2.90 bits per heavy atom. The van der Waals surface area contributed by atoms with Gasteiger partial charge in [-0.2, -0.15) is 5.26 Å². The van der Waals surface area contributed by atoms with Crippen molar-refractivity contribution in [3.8, 4) is 16.8 Å². The molecule has 0 saturated heterocycles. The summed E-state index contributed by atoms with van der Waals surface area (Å²) in [5, 5.41) is 12.5. The Labute approximate surface area is 187 Å². The molecule has 3 N–H and O–H groups in total. The molecule has 0 aliphatic carbocycles. The first-order valence-electron chi connectivity index (χ1n) is 10.2. The fourth-order valence-electron chi connectivity index (χ4n) is 2.64. The number of nitriles is 1. The Hall–Kier alpha value is -3.09. The van der Waals surface area contributed by atoms with E-state index in [1.807, 2.05) is 25.3 Å². The van der Waals surface area contributed by atoms with Crippen LogP contribution in [-0.2, 0) is 6.42 Å². The molecule has 0 unspecified atom stereocenters. The molecule has 0 atom stereocenters. The van der Waals surface area contributed by atoms with Crippen LogP contribution in [0.5, 0.6) is 0 Å². The van der Waals surface area contributed by atoms with E-state index in [2.05, 4.69) is 32.1 Å². The second-order valence-electron chi connectivity index (χ2n) is 7.03. The maximum atomic E-state index is 11.5. The van der Waals surface area contributed by atoms with E-state index in [0.29, 0.717) is 27.7 Å². The van der Waals surface area contributed by atoms with Gasteiger partial charge in [-0.1, -0.05) is 25.5 Å². The Morgan fingerprint density at radius 1 is 1.39 bits per heavy atom. The number of hydrogen-bond acceptors (Lipinski definition) is 9. The zero-order chi connectivity index (χ0) is 22.5. The van der Waals surface area contributed by atoms with E-state index in [9.17, 15) is 4.79 Å². The van der Waals surface area contributed by atoms with Crippen molar-refractivity contribution >= 4 is 23.4 Å². The van der Waals surface area contributed by atoms with Gasteiger partial charge in [0.25, 0.3) is 0 Å². The van der Waals surface area contributed by atoms with Crippen LogP contribution in [0.25, 0.3) is 10.7 Å². The first-order chi connectivity index (χ1) is 15.1. The van der Waals surface area contributed by atoms with E-state index in [-0.39, 0.29) is 6.42 Å². The predicted molar refractivity (Wildman–Crippen MR) is 125 cm³/mol. The minimum atomic E-state index is 0.225. The summed E-state index contributed by atoms with van der Waals surface area (Å²) in [4.78, 5) is 27.7. The molecule has 8 nitrogen and oxygen atoms in total. The highest BCUT2D eigenvalue weighted by molar-refractivity contribution is 7.16. The molecule has 9 heteroatoms. The van der Waals surface area contributed by atoms with Gasteiger partial charge in [0.05, 0.1) is 35.5 Å². The van der Waals surface area contributed by atoms with Crippen molar-refractivity contribution in [1.29, 1.82) is 5.26 Å². The molecule has 0 spiro atoms. The van der Waals surface area contributed by atoms with Gasteiger partial charge >= 0.3 is 0 Å². The number of carbonyl (C=O) groups excluding carboxylic acids is 1. The molecule has 0 saturated carbocycles. The quantitative estimate of drug-likeness (QED) is 0.277. The number of anilines is 1. The molecule has 0 amide bonds. The van der Waals surface area contributed by atoms with Gasteiger partial charge in [-0.25, -0.2) is 15.0 Å². The average molecular weight is 440 g/mol. The standard InChI is InChI=1S/C22H29N7OS/c1-3-4-11-25-21-15-26-19(14-27-21)22-28-18(20(16-30)31-22)9-13-29(2)12-6-5-7-17(24)8-10-23/h5-7,14-16H,3-4,8-9,11-13,24H2,1-2H3,(H,25,27)/b6-5-,17-7+. The first kappa shape index (κ1) is 24.2. The molecule has 0 fully saturated rings. The van der Waals surface area contributed by atoms with Gasteiger partial charge in [0.1, 0.15) is 16.5 Å². The molecule has 0 aliphatic heterocycles. The van der Waals surface area contributed by atoms with Crippen molar-refractivity contribution in [3.63, 3.8) is 0 Å². The largest absolute Gasteiger partial charge is 0.401 e. The Kier molecular flexibility index (Phi) is 10.3. The summed E-state index contributed by atoms with van der Waals surface area (Å²) in [6.07, 6.45) is 12.9.